The summed E-state index contributed by atoms with van der Waals surface area (Å²) in [7, 11) is 0. The minimum atomic E-state index is 0.150. The molecule has 2 rings (SSSR count). The molecule has 1 nitrogen and oxygen atoms in total. The molecule has 1 N–H and O–H groups in total. The van der Waals surface area contributed by atoms with Crippen molar-refractivity contribution in [3.63, 3.8) is 0 Å². The van der Waals surface area contributed by atoms with E-state index in [0.29, 0.717) is 0 Å². The quantitative estimate of drug-likeness (QED) is 0.806. The molecule has 0 radical (unpaired) electrons. The minimum Gasteiger partial charge on any atom is -0.306 e. The maximum absolute atomic E-state index is 6.31. The zero-order valence-electron chi connectivity index (χ0n) is 10.3. The van der Waals surface area contributed by atoms with Gasteiger partial charge in [-0.1, -0.05) is 36.7 Å². The molecule has 0 aliphatic rings. The lowest BCUT2D eigenvalue weighted by Crippen LogP contribution is -2.21. The Morgan fingerprint density at radius 3 is 2.67 bits per heavy atom. The van der Waals surface area contributed by atoms with Crippen molar-refractivity contribution in [1.29, 1.82) is 0 Å². The predicted octanol–water partition coefficient (Wildman–Crippen LogP) is 5.17. The number of aryl methyl sites for hydroxylation is 1. The molecule has 0 saturated carbocycles. The molecule has 0 aliphatic heterocycles. The van der Waals surface area contributed by atoms with Gasteiger partial charge < -0.3 is 5.32 Å². The summed E-state index contributed by atoms with van der Waals surface area (Å²) in [6, 6.07) is 10.3. The molecule has 1 aromatic heterocycles. The Labute approximate surface area is 125 Å². The molecular formula is C14H15BrClNS. The van der Waals surface area contributed by atoms with Crippen LogP contribution in [0.1, 0.15) is 28.3 Å². The van der Waals surface area contributed by atoms with Gasteiger partial charge in [0, 0.05) is 19.2 Å². The van der Waals surface area contributed by atoms with Crippen molar-refractivity contribution in [2.75, 3.05) is 6.54 Å². The van der Waals surface area contributed by atoms with E-state index in [1.54, 1.807) is 11.3 Å². The van der Waals surface area contributed by atoms with E-state index < -0.39 is 0 Å². The summed E-state index contributed by atoms with van der Waals surface area (Å²) in [5, 5.41) is 4.31. The topological polar surface area (TPSA) is 12.0 Å². The first-order chi connectivity index (χ1) is 8.63. The number of halogens is 2. The maximum atomic E-state index is 6.31. The summed E-state index contributed by atoms with van der Waals surface area (Å²) in [6.45, 7) is 5.13. The molecule has 4 heteroatoms. The molecule has 1 unspecified atom stereocenters. The maximum Gasteiger partial charge on any atom is 0.0697 e. The van der Waals surface area contributed by atoms with Gasteiger partial charge >= 0.3 is 0 Å². The number of nitrogens with one attached hydrogen (secondary N) is 1. The fourth-order valence-electron chi connectivity index (χ4n) is 1.96. The molecule has 0 spiro atoms. The van der Waals surface area contributed by atoms with Crippen LogP contribution in [0.2, 0.25) is 5.02 Å². The highest BCUT2D eigenvalue weighted by molar-refractivity contribution is 9.10. The third-order valence-electron chi connectivity index (χ3n) is 2.72. The van der Waals surface area contributed by atoms with Crippen LogP contribution in [0.4, 0.5) is 0 Å². The molecule has 96 valence electrons. The van der Waals surface area contributed by atoms with Crippen LogP contribution in [0.3, 0.4) is 0 Å². The average Bonchev–Trinajstić information content (AvgIpc) is 2.66. The van der Waals surface area contributed by atoms with E-state index in [0.717, 1.165) is 21.6 Å². The first kappa shape index (κ1) is 14.1. The SMILES string of the molecule is CCNC(c1ccccc1Cl)c1sc(C)cc1Br. The molecule has 0 amide bonds. The summed E-state index contributed by atoms with van der Waals surface area (Å²) in [4.78, 5) is 2.58. The van der Waals surface area contributed by atoms with Crippen LogP contribution in [-0.4, -0.2) is 6.54 Å². The van der Waals surface area contributed by atoms with E-state index in [2.05, 4.69) is 47.2 Å². The van der Waals surface area contributed by atoms with Crippen molar-refractivity contribution in [3.8, 4) is 0 Å². The zero-order chi connectivity index (χ0) is 13.1. The molecule has 18 heavy (non-hydrogen) atoms. The molecule has 1 atom stereocenters. The van der Waals surface area contributed by atoms with Crippen LogP contribution in [0.25, 0.3) is 0 Å². The average molecular weight is 345 g/mol. The monoisotopic (exact) mass is 343 g/mol. The molecule has 0 aliphatic carbocycles. The fraction of sp³-hybridized carbons (Fsp3) is 0.286. The van der Waals surface area contributed by atoms with Gasteiger partial charge in [0.1, 0.15) is 0 Å². The van der Waals surface area contributed by atoms with Crippen molar-refractivity contribution in [1.82, 2.24) is 5.32 Å². The Hall–Kier alpha value is -0.350. The molecular weight excluding hydrogens is 330 g/mol. The van der Waals surface area contributed by atoms with Gasteiger partial charge in [0.2, 0.25) is 0 Å². The molecule has 0 saturated heterocycles. The van der Waals surface area contributed by atoms with Crippen LogP contribution >= 0.6 is 38.9 Å². The smallest absolute Gasteiger partial charge is 0.0697 e. The van der Waals surface area contributed by atoms with Gasteiger partial charge in [0.25, 0.3) is 0 Å². The number of hydrogen-bond acceptors (Lipinski definition) is 2. The fourth-order valence-corrected chi connectivity index (χ4v) is 4.17. The van der Waals surface area contributed by atoms with E-state index >= 15 is 0 Å². The van der Waals surface area contributed by atoms with Crippen LogP contribution < -0.4 is 5.32 Å². The van der Waals surface area contributed by atoms with E-state index in [-0.39, 0.29) is 6.04 Å². The van der Waals surface area contributed by atoms with Crippen LogP contribution in [0.5, 0.6) is 0 Å². The Kier molecular flexibility index (Phi) is 4.84. The zero-order valence-corrected chi connectivity index (χ0v) is 13.5. The first-order valence-electron chi connectivity index (χ1n) is 5.87. The van der Waals surface area contributed by atoms with Gasteiger partial charge in [-0.05, 0) is 47.1 Å². The predicted molar refractivity (Wildman–Crippen MR) is 83.7 cm³/mol. The lowest BCUT2D eigenvalue weighted by Gasteiger charge is -2.19. The second-order valence-corrected chi connectivity index (χ2v) is 6.63. The van der Waals surface area contributed by atoms with E-state index in [1.807, 2.05) is 18.2 Å². The van der Waals surface area contributed by atoms with Gasteiger partial charge in [0.05, 0.1) is 6.04 Å². The van der Waals surface area contributed by atoms with E-state index in [4.69, 9.17) is 11.6 Å². The molecule has 0 bridgehead atoms. The summed E-state index contributed by atoms with van der Waals surface area (Å²) >= 11 is 11.7. The normalized spacial score (nSPS) is 12.7. The van der Waals surface area contributed by atoms with Gasteiger partial charge in [-0.25, -0.2) is 0 Å². The van der Waals surface area contributed by atoms with Crippen LogP contribution in [0.15, 0.2) is 34.8 Å². The summed E-state index contributed by atoms with van der Waals surface area (Å²) < 4.78 is 1.15. The van der Waals surface area contributed by atoms with Crippen molar-refractivity contribution >= 4 is 38.9 Å². The van der Waals surface area contributed by atoms with Crippen molar-refractivity contribution in [2.24, 2.45) is 0 Å². The number of thiophene rings is 1. The van der Waals surface area contributed by atoms with Gasteiger partial charge in [-0.3, -0.25) is 0 Å². The Morgan fingerprint density at radius 2 is 2.11 bits per heavy atom. The summed E-state index contributed by atoms with van der Waals surface area (Å²) in [6.07, 6.45) is 0. The minimum absolute atomic E-state index is 0.150. The van der Waals surface area contributed by atoms with Crippen molar-refractivity contribution < 1.29 is 0 Å². The standard InChI is InChI=1S/C14H15BrClNS/c1-3-17-13(10-6-4-5-7-12(10)16)14-11(15)8-9(2)18-14/h4-8,13,17H,3H2,1-2H3. The van der Waals surface area contributed by atoms with Gasteiger partial charge in [-0.2, -0.15) is 0 Å². The Morgan fingerprint density at radius 1 is 1.39 bits per heavy atom. The highest BCUT2D eigenvalue weighted by Gasteiger charge is 2.20. The van der Waals surface area contributed by atoms with Crippen molar-refractivity contribution in [2.45, 2.75) is 19.9 Å². The largest absolute Gasteiger partial charge is 0.306 e. The van der Waals surface area contributed by atoms with Gasteiger partial charge in [0.15, 0.2) is 0 Å². The molecule has 0 fully saturated rings. The lowest BCUT2D eigenvalue weighted by atomic mass is 10.1. The summed E-state index contributed by atoms with van der Waals surface area (Å²) in [5.74, 6) is 0. The Bertz CT molecular complexity index is 538. The lowest BCUT2D eigenvalue weighted by molar-refractivity contribution is 0.638. The van der Waals surface area contributed by atoms with Crippen molar-refractivity contribution in [3.05, 3.63) is 55.1 Å². The number of rotatable bonds is 4. The van der Waals surface area contributed by atoms with Crippen LogP contribution in [0, 0.1) is 6.92 Å². The van der Waals surface area contributed by atoms with E-state index in [1.165, 1.54) is 9.75 Å². The van der Waals surface area contributed by atoms with Gasteiger partial charge in [-0.15, -0.1) is 11.3 Å². The summed E-state index contributed by atoms with van der Waals surface area (Å²) in [5.41, 5.74) is 1.13. The first-order valence-corrected chi connectivity index (χ1v) is 7.86. The Balaban J connectivity index is 2.46. The van der Waals surface area contributed by atoms with E-state index in [9.17, 15) is 0 Å². The third-order valence-corrected chi connectivity index (χ3v) is 5.10. The number of hydrogen-bond donors (Lipinski definition) is 1. The molecule has 2 aromatic rings. The highest BCUT2D eigenvalue weighted by atomic mass is 79.9. The van der Waals surface area contributed by atoms with Crippen LogP contribution in [-0.2, 0) is 0 Å². The highest BCUT2D eigenvalue weighted by Crippen LogP contribution is 2.37. The third kappa shape index (κ3) is 2.97. The second kappa shape index (κ2) is 6.20. The molecule has 1 heterocycles. The number of benzene rings is 1. The second-order valence-electron chi connectivity index (χ2n) is 4.08. The molecule has 1 aromatic carbocycles.